The van der Waals surface area contributed by atoms with Crippen LogP contribution in [0, 0.1) is 0 Å². The number of amides is 3. The summed E-state index contributed by atoms with van der Waals surface area (Å²) < 4.78 is 11.5. The van der Waals surface area contributed by atoms with Gasteiger partial charge in [0.2, 0.25) is 5.91 Å². The van der Waals surface area contributed by atoms with Gasteiger partial charge in [0.15, 0.2) is 11.5 Å². The zero-order valence-corrected chi connectivity index (χ0v) is 19.5. The summed E-state index contributed by atoms with van der Waals surface area (Å²) in [5, 5.41) is -0.422. The molecule has 0 spiro atoms. The third-order valence-corrected chi connectivity index (χ3v) is 6.19. The maximum atomic E-state index is 12.9. The quantitative estimate of drug-likeness (QED) is 0.407. The summed E-state index contributed by atoms with van der Waals surface area (Å²) in [5.41, 5.74) is 1.61. The average Bonchev–Trinajstić information content (AvgIpc) is 3.04. The molecule has 172 valence electrons. The van der Waals surface area contributed by atoms with E-state index in [1.165, 1.54) is 0 Å². The first-order valence-electron chi connectivity index (χ1n) is 11.0. The van der Waals surface area contributed by atoms with Crippen molar-refractivity contribution >= 4 is 34.9 Å². The molecule has 3 rings (SSSR count). The molecule has 7 nitrogen and oxygen atoms in total. The fourth-order valence-electron chi connectivity index (χ4n) is 3.81. The molecule has 0 unspecified atom stereocenters. The van der Waals surface area contributed by atoms with E-state index in [1.54, 1.807) is 23.1 Å². The van der Waals surface area contributed by atoms with Crippen molar-refractivity contribution in [1.82, 2.24) is 9.80 Å². The van der Waals surface area contributed by atoms with Crippen LogP contribution >= 0.6 is 11.8 Å². The van der Waals surface area contributed by atoms with Gasteiger partial charge in [-0.3, -0.25) is 19.3 Å². The van der Waals surface area contributed by atoms with Crippen LogP contribution in [-0.4, -0.2) is 59.7 Å². The van der Waals surface area contributed by atoms with Crippen molar-refractivity contribution in [2.45, 2.75) is 39.5 Å². The maximum absolute atomic E-state index is 12.9. The topological polar surface area (TPSA) is 76.2 Å². The molecular weight excluding hydrogens is 428 g/mol. The van der Waals surface area contributed by atoms with Crippen molar-refractivity contribution in [3.05, 3.63) is 40.8 Å². The molecule has 0 N–H and O–H groups in total. The van der Waals surface area contributed by atoms with Crippen molar-refractivity contribution in [2.75, 3.05) is 32.8 Å². The zero-order valence-electron chi connectivity index (χ0n) is 18.7. The highest BCUT2D eigenvalue weighted by Gasteiger charge is 2.37. The van der Waals surface area contributed by atoms with E-state index in [0.717, 1.165) is 47.1 Å². The van der Waals surface area contributed by atoms with Crippen LogP contribution in [0.25, 0.3) is 6.08 Å². The summed E-state index contributed by atoms with van der Waals surface area (Å²) in [4.78, 5) is 41.0. The van der Waals surface area contributed by atoms with E-state index in [2.05, 4.69) is 6.58 Å². The summed E-state index contributed by atoms with van der Waals surface area (Å²) >= 11 is 0.854. The highest BCUT2D eigenvalue weighted by molar-refractivity contribution is 8.18. The number of likely N-dealkylation sites (tertiary alicyclic amines) is 1. The van der Waals surface area contributed by atoms with Gasteiger partial charge in [-0.1, -0.05) is 6.08 Å². The van der Waals surface area contributed by atoms with Crippen LogP contribution in [0.3, 0.4) is 0 Å². The van der Waals surface area contributed by atoms with Crippen LogP contribution < -0.4 is 9.47 Å². The van der Waals surface area contributed by atoms with Gasteiger partial charge in [-0.15, -0.1) is 6.58 Å². The first-order chi connectivity index (χ1) is 15.5. The minimum atomic E-state index is -0.442. The minimum Gasteiger partial charge on any atom is -0.490 e. The molecule has 3 amide bonds. The van der Waals surface area contributed by atoms with Gasteiger partial charge in [0.1, 0.15) is 6.54 Å². The molecular formula is C24H30N2O5S. The highest BCUT2D eigenvalue weighted by Crippen LogP contribution is 2.37. The van der Waals surface area contributed by atoms with Crippen LogP contribution in [0.1, 0.15) is 44.2 Å². The standard InChI is InChI=1S/C24H30N2O5S/c1-4-10-18-13-17(14-19(30-5-2)22(18)31-6-3)15-20-23(28)26(24(29)32-20)16-21(27)25-11-8-7-9-12-25/h4,13-15H,1,5-12,16H2,2-3H3/b20-15-. The number of rotatable bonds is 9. The van der Waals surface area contributed by atoms with Crippen LogP contribution in [0.15, 0.2) is 29.7 Å². The van der Waals surface area contributed by atoms with Crippen LogP contribution in [0.4, 0.5) is 4.79 Å². The molecule has 8 heteroatoms. The SMILES string of the molecule is C=CCc1cc(/C=C2\SC(=O)N(CC(=O)N3CCCCC3)C2=O)cc(OCC)c1OCC. The Balaban J connectivity index is 1.84. The van der Waals surface area contributed by atoms with E-state index in [9.17, 15) is 14.4 Å². The first-order valence-corrected chi connectivity index (χ1v) is 11.9. The predicted molar refractivity (Wildman–Crippen MR) is 126 cm³/mol. The minimum absolute atomic E-state index is 0.179. The van der Waals surface area contributed by atoms with Gasteiger partial charge in [0, 0.05) is 18.7 Å². The molecule has 0 atom stereocenters. The normalized spacial score (nSPS) is 17.8. The average molecular weight is 459 g/mol. The van der Waals surface area contributed by atoms with Gasteiger partial charge in [-0.05, 0) is 75.1 Å². The fraction of sp³-hybridized carbons (Fsp3) is 0.458. The van der Waals surface area contributed by atoms with E-state index in [0.29, 0.717) is 44.2 Å². The lowest BCUT2D eigenvalue weighted by Gasteiger charge is -2.27. The van der Waals surface area contributed by atoms with E-state index < -0.39 is 11.1 Å². The number of nitrogens with zero attached hydrogens (tertiary/aromatic N) is 2. The lowest BCUT2D eigenvalue weighted by Crippen LogP contribution is -2.44. The Kier molecular flexibility index (Phi) is 8.39. The lowest BCUT2D eigenvalue weighted by molar-refractivity contribution is -0.136. The number of hydrogen-bond acceptors (Lipinski definition) is 6. The van der Waals surface area contributed by atoms with Gasteiger partial charge < -0.3 is 14.4 Å². The summed E-state index contributed by atoms with van der Waals surface area (Å²) in [7, 11) is 0. The van der Waals surface area contributed by atoms with Crippen LogP contribution in [0.2, 0.25) is 0 Å². The second-order valence-corrected chi connectivity index (χ2v) is 8.57. The van der Waals surface area contributed by atoms with Gasteiger partial charge in [0.25, 0.3) is 11.1 Å². The van der Waals surface area contributed by atoms with Crippen molar-refractivity contribution in [2.24, 2.45) is 0 Å². The van der Waals surface area contributed by atoms with Gasteiger partial charge in [0.05, 0.1) is 18.1 Å². The smallest absolute Gasteiger partial charge is 0.294 e. The number of benzene rings is 1. The Hall–Kier alpha value is -2.74. The highest BCUT2D eigenvalue weighted by atomic mass is 32.2. The Morgan fingerprint density at radius 1 is 1.12 bits per heavy atom. The van der Waals surface area contributed by atoms with Crippen LogP contribution in [-0.2, 0) is 16.0 Å². The number of thioether (sulfide) groups is 1. The Morgan fingerprint density at radius 3 is 2.50 bits per heavy atom. The van der Waals surface area contributed by atoms with Crippen molar-refractivity contribution in [1.29, 1.82) is 0 Å². The van der Waals surface area contributed by atoms with E-state index in [4.69, 9.17) is 9.47 Å². The van der Waals surface area contributed by atoms with Gasteiger partial charge in [-0.2, -0.15) is 0 Å². The van der Waals surface area contributed by atoms with Crippen molar-refractivity contribution in [3.63, 3.8) is 0 Å². The van der Waals surface area contributed by atoms with Crippen molar-refractivity contribution in [3.8, 4) is 11.5 Å². The molecule has 2 fully saturated rings. The second kappa shape index (κ2) is 11.2. The van der Waals surface area contributed by atoms with Crippen LogP contribution in [0.5, 0.6) is 11.5 Å². The van der Waals surface area contributed by atoms with E-state index in [-0.39, 0.29) is 17.4 Å². The number of carbonyl (C=O) groups is 3. The number of ether oxygens (including phenoxy) is 2. The summed E-state index contributed by atoms with van der Waals surface area (Å²) in [6, 6.07) is 3.70. The number of hydrogen-bond donors (Lipinski definition) is 0. The molecule has 2 heterocycles. The predicted octanol–water partition coefficient (Wildman–Crippen LogP) is 4.26. The fourth-order valence-corrected chi connectivity index (χ4v) is 4.65. The molecule has 2 aliphatic rings. The molecule has 2 aliphatic heterocycles. The molecule has 1 aromatic rings. The zero-order chi connectivity index (χ0) is 23.1. The molecule has 0 bridgehead atoms. The monoisotopic (exact) mass is 458 g/mol. The lowest BCUT2D eigenvalue weighted by atomic mass is 10.0. The van der Waals surface area contributed by atoms with E-state index >= 15 is 0 Å². The van der Waals surface area contributed by atoms with E-state index in [1.807, 2.05) is 19.9 Å². The van der Waals surface area contributed by atoms with Gasteiger partial charge >= 0.3 is 0 Å². The summed E-state index contributed by atoms with van der Waals surface area (Å²) in [6.07, 6.45) is 7.04. The van der Waals surface area contributed by atoms with Gasteiger partial charge in [-0.25, -0.2) is 0 Å². The Morgan fingerprint density at radius 2 is 1.84 bits per heavy atom. The summed E-state index contributed by atoms with van der Waals surface area (Å²) in [5.74, 6) is 0.620. The third-order valence-electron chi connectivity index (χ3n) is 5.28. The largest absolute Gasteiger partial charge is 0.490 e. The summed E-state index contributed by atoms with van der Waals surface area (Å²) in [6.45, 7) is 9.72. The maximum Gasteiger partial charge on any atom is 0.294 e. The number of allylic oxidation sites excluding steroid dienone is 1. The molecule has 1 aromatic carbocycles. The number of carbonyl (C=O) groups excluding carboxylic acids is 3. The molecule has 2 saturated heterocycles. The number of imide groups is 1. The third kappa shape index (κ3) is 5.54. The number of piperidine rings is 1. The Labute approximate surface area is 193 Å². The molecule has 0 aliphatic carbocycles. The Bertz CT molecular complexity index is 921. The molecule has 0 radical (unpaired) electrons. The molecule has 0 aromatic heterocycles. The molecule has 32 heavy (non-hydrogen) atoms. The van der Waals surface area contributed by atoms with Crippen molar-refractivity contribution < 1.29 is 23.9 Å². The first kappa shape index (κ1) is 23.9. The molecule has 0 saturated carbocycles. The second-order valence-electron chi connectivity index (χ2n) is 7.58.